The minimum atomic E-state index is -0.152. The van der Waals surface area contributed by atoms with Gasteiger partial charge in [-0.05, 0) is 19.1 Å². The maximum atomic E-state index is 12.5. The van der Waals surface area contributed by atoms with Crippen molar-refractivity contribution >= 4 is 34.8 Å². The summed E-state index contributed by atoms with van der Waals surface area (Å²) >= 11 is 3.26. The van der Waals surface area contributed by atoms with E-state index in [2.05, 4.69) is 20.8 Å². The van der Waals surface area contributed by atoms with E-state index >= 15 is 0 Å². The Morgan fingerprint density at radius 3 is 2.87 bits per heavy atom. The lowest BCUT2D eigenvalue weighted by Gasteiger charge is -2.08. The van der Waals surface area contributed by atoms with E-state index in [1.54, 1.807) is 40.0 Å². The Morgan fingerprint density at radius 2 is 2.17 bits per heavy atom. The van der Waals surface area contributed by atoms with E-state index in [4.69, 9.17) is 0 Å². The number of nitrogens with one attached hydrogen (secondary N) is 1. The van der Waals surface area contributed by atoms with E-state index < -0.39 is 0 Å². The Kier molecular flexibility index (Phi) is 4.78. The van der Waals surface area contributed by atoms with Crippen molar-refractivity contribution in [1.29, 1.82) is 0 Å². The molecule has 0 spiro atoms. The van der Waals surface area contributed by atoms with E-state index in [9.17, 15) is 4.79 Å². The van der Waals surface area contributed by atoms with Crippen LogP contribution < -0.4 is 5.32 Å². The third-order valence-corrected chi connectivity index (χ3v) is 5.06. The number of hydrogen-bond acceptors (Lipinski definition) is 5. The van der Waals surface area contributed by atoms with Crippen LogP contribution in [0.4, 0.5) is 5.82 Å². The zero-order valence-electron chi connectivity index (χ0n) is 12.8. The van der Waals surface area contributed by atoms with Gasteiger partial charge >= 0.3 is 0 Å². The maximum absolute atomic E-state index is 12.5. The van der Waals surface area contributed by atoms with E-state index in [0.717, 1.165) is 21.3 Å². The minimum Gasteiger partial charge on any atom is -0.305 e. The highest BCUT2D eigenvalue weighted by Crippen LogP contribution is 2.27. The van der Waals surface area contributed by atoms with Crippen molar-refractivity contribution in [2.24, 2.45) is 7.05 Å². The van der Waals surface area contributed by atoms with Crippen molar-refractivity contribution in [3.63, 3.8) is 0 Å². The molecule has 3 aromatic rings. The topological polar surface area (TPSA) is 59.8 Å². The number of amides is 1. The Balaban J connectivity index is 1.73. The summed E-state index contributed by atoms with van der Waals surface area (Å²) in [4.78, 5) is 17.9. The lowest BCUT2D eigenvalue weighted by molar-refractivity contribution is 0.102. The SMILES string of the molecule is Cc1nc(CSc2ccccc2C(=O)Nc2ccn(C)n2)cs1. The first kappa shape index (κ1) is 15.8. The number of nitrogens with zero attached hydrogens (tertiary/aromatic N) is 3. The molecule has 0 aliphatic rings. The van der Waals surface area contributed by atoms with Gasteiger partial charge in [-0.1, -0.05) is 12.1 Å². The largest absolute Gasteiger partial charge is 0.305 e. The molecule has 1 aromatic carbocycles. The lowest BCUT2D eigenvalue weighted by Crippen LogP contribution is -2.13. The number of anilines is 1. The van der Waals surface area contributed by atoms with Gasteiger partial charge in [-0.25, -0.2) is 4.98 Å². The third-order valence-electron chi connectivity index (χ3n) is 3.13. The molecule has 2 aromatic heterocycles. The molecule has 23 heavy (non-hydrogen) atoms. The fraction of sp³-hybridized carbons (Fsp3) is 0.188. The van der Waals surface area contributed by atoms with Gasteiger partial charge in [0.25, 0.3) is 5.91 Å². The van der Waals surface area contributed by atoms with Gasteiger partial charge in [0, 0.05) is 35.3 Å². The normalized spacial score (nSPS) is 10.7. The maximum Gasteiger partial charge on any atom is 0.257 e. The van der Waals surface area contributed by atoms with Crippen LogP contribution in [0.15, 0.2) is 46.8 Å². The van der Waals surface area contributed by atoms with E-state index in [1.165, 1.54) is 0 Å². The smallest absolute Gasteiger partial charge is 0.257 e. The second-order valence-corrected chi connectivity index (χ2v) is 7.05. The summed E-state index contributed by atoms with van der Waals surface area (Å²) < 4.78 is 1.65. The molecule has 0 saturated carbocycles. The number of rotatable bonds is 5. The third kappa shape index (κ3) is 4.00. The van der Waals surface area contributed by atoms with Crippen molar-refractivity contribution in [2.75, 3.05) is 5.32 Å². The Morgan fingerprint density at radius 1 is 1.35 bits per heavy atom. The van der Waals surface area contributed by atoms with Gasteiger partial charge in [-0.2, -0.15) is 5.10 Å². The van der Waals surface area contributed by atoms with Crippen LogP contribution in [0.3, 0.4) is 0 Å². The molecule has 0 aliphatic heterocycles. The Hall–Kier alpha value is -2.12. The first-order chi connectivity index (χ1) is 11.1. The number of hydrogen-bond donors (Lipinski definition) is 1. The van der Waals surface area contributed by atoms with Gasteiger partial charge < -0.3 is 5.32 Å². The van der Waals surface area contributed by atoms with Crippen LogP contribution in [-0.4, -0.2) is 20.7 Å². The quantitative estimate of drug-likeness (QED) is 0.717. The summed E-state index contributed by atoms with van der Waals surface area (Å²) in [6, 6.07) is 9.35. The van der Waals surface area contributed by atoms with Crippen LogP contribution in [0, 0.1) is 6.92 Å². The molecule has 2 heterocycles. The van der Waals surface area contributed by atoms with Crippen LogP contribution in [-0.2, 0) is 12.8 Å². The summed E-state index contributed by atoms with van der Waals surface area (Å²) in [5.41, 5.74) is 1.69. The zero-order chi connectivity index (χ0) is 16.2. The zero-order valence-corrected chi connectivity index (χ0v) is 14.4. The molecule has 1 N–H and O–H groups in total. The van der Waals surface area contributed by atoms with Crippen LogP contribution in [0.5, 0.6) is 0 Å². The lowest BCUT2D eigenvalue weighted by atomic mass is 10.2. The van der Waals surface area contributed by atoms with Crippen molar-refractivity contribution in [3.05, 3.63) is 58.2 Å². The number of thiazole rings is 1. The number of carbonyl (C=O) groups excluding carboxylic acids is 1. The van der Waals surface area contributed by atoms with Crippen LogP contribution >= 0.6 is 23.1 Å². The van der Waals surface area contributed by atoms with Crippen molar-refractivity contribution in [3.8, 4) is 0 Å². The second kappa shape index (κ2) is 6.97. The van der Waals surface area contributed by atoms with Crippen molar-refractivity contribution < 1.29 is 4.79 Å². The summed E-state index contributed by atoms with van der Waals surface area (Å²) in [7, 11) is 1.81. The van der Waals surface area contributed by atoms with E-state index in [1.807, 2.05) is 38.2 Å². The molecule has 118 valence electrons. The number of benzene rings is 1. The number of aryl methyl sites for hydroxylation is 2. The molecular formula is C16H16N4OS2. The molecule has 0 radical (unpaired) electrons. The molecule has 0 bridgehead atoms. The predicted molar refractivity (Wildman–Crippen MR) is 94.0 cm³/mol. The average molecular weight is 344 g/mol. The Labute approximate surface area is 142 Å². The van der Waals surface area contributed by atoms with Gasteiger partial charge in [0.2, 0.25) is 0 Å². The molecular weight excluding hydrogens is 328 g/mol. The van der Waals surface area contributed by atoms with Crippen LogP contribution in [0.25, 0.3) is 0 Å². The van der Waals surface area contributed by atoms with Gasteiger partial charge in [-0.3, -0.25) is 9.48 Å². The van der Waals surface area contributed by atoms with Crippen LogP contribution in [0.1, 0.15) is 21.1 Å². The molecule has 0 aliphatic carbocycles. The van der Waals surface area contributed by atoms with Gasteiger partial charge in [0.1, 0.15) is 0 Å². The highest BCUT2D eigenvalue weighted by atomic mass is 32.2. The molecule has 1 amide bonds. The molecule has 0 unspecified atom stereocenters. The monoisotopic (exact) mass is 344 g/mol. The molecule has 0 fully saturated rings. The fourth-order valence-corrected chi connectivity index (χ4v) is 3.73. The first-order valence-corrected chi connectivity index (χ1v) is 8.92. The number of carbonyl (C=O) groups is 1. The molecule has 7 heteroatoms. The highest BCUT2D eigenvalue weighted by Gasteiger charge is 2.13. The predicted octanol–water partition coefficient (Wildman–Crippen LogP) is 3.73. The number of thioether (sulfide) groups is 1. The average Bonchev–Trinajstić information content (AvgIpc) is 3.14. The Bertz CT molecular complexity index is 825. The van der Waals surface area contributed by atoms with Gasteiger partial charge in [-0.15, -0.1) is 23.1 Å². The summed E-state index contributed by atoms with van der Waals surface area (Å²) in [5.74, 6) is 1.15. The fourth-order valence-electron chi connectivity index (χ4n) is 2.07. The van der Waals surface area contributed by atoms with Gasteiger partial charge in [0.05, 0.1) is 16.3 Å². The minimum absolute atomic E-state index is 0.152. The van der Waals surface area contributed by atoms with Crippen molar-refractivity contribution in [1.82, 2.24) is 14.8 Å². The summed E-state index contributed by atoms with van der Waals surface area (Å²) in [5, 5.41) is 10.1. The van der Waals surface area contributed by atoms with Gasteiger partial charge in [0.15, 0.2) is 5.82 Å². The molecule has 3 rings (SSSR count). The van der Waals surface area contributed by atoms with E-state index in [0.29, 0.717) is 11.4 Å². The summed E-state index contributed by atoms with van der Waals surface area (Å²) in [6.07, 6.45) is 1.79. The summed E-state index contributed by atoms with van der Waals surface area (Å²) in [6.45, 7) is 1.99. The van der Waals surface area contributed by atoms with Crippen molar-refractivity contribution in [2.45, 2.75) is 17.6 Å². The first-order valence-electron chi connectivity index (χ1n) is 7.05. The highest BCUT2D eigenvalue weighted by molar-refractivity contribution is 7.98. The van der Waals surface area contributed by atoms with E-state index in [-0.39, 0.29) is 5.91 Å². The standard InChI is InChI=1S/C16H16N4OS2/c1-11-17-12(9-22-11)10-23-14-6-4-3-5-13(14)16(21)18-15-7-8-20(2)19-15/h3-9H,10H2,1-2H3,(H,18,19,21). The molecule has 5 nitrogen and oxygen atoms in total. The molecule has 0 atom stereocenters. The van der Waals surface area contributed by atoms with Crippen LogP contribution in [0.2, 0.25) is 0 Å². The molecule has 0 saturated heterocycles. The second-order valence-electron chi connectivity index (χ2n) is 4.97. The number of aromatic nitrogens is 3.